The highest BCUT2D eigenvalue weighted by Crippen LogP contribution is 2.66. The molecule has 2 spiro atoms. The fraction of sp³-hybridized carbons (Fsp3) is 0.0182. The number of para-hydroxylation sites is 4. The van der Waals surface area contributed by atoms with Gasteiger partial charge in [0, 0.05) is 90.1 Å². The third-order valence-corrected chi connectivity index (χ3v) is 26.3. The molecule has 5 nitrogen and oxygen atoms in total. The summed E-state index contributed by atoms with van der Waals surface area (Å²) in [5.74, 6) is 3.29. The van der Waals surface area contributed by atoms with Crippen LogP contribution in [-0.2, 0) is 10.8 Å². The van der Waals surface area contributed by atoms with E-state index in [1.807, 2.05) is 0 Å². The van der Waals surface area contributed by atoms with E-state index in [1.165, 1.54) is 88.1 Å². The maximum atomic E-state index is 7.76. The molecule has 18 aromatic carbocycles. The second-order valence-corrected chi connectivity index (χ2v) is 32.0. The van der Waals surface area contributed by atoms with E-state index in [0.29, 0.717) is 0 Å². The van der Waals surface area contributed by atoms with Crippen molar-refractivity contribution in [2.24, 2.45) is 0 Å². The minimum absolute atomic E-state index is 0.432. The summed E-state index contributed by atoms with van der Waals surface area (Å²) in [6.07, 6.45) is 0. The van der Waals surface area contributed by atoms with E-state index in [4.69, 9.17) is 9.47 Å². The van der Waals surface area contributed by atoms with Crippen molar-refractivity contribution in [1.82, 2.24) is 4.40 Å². The van der Waals surface area contributed by atoms with Gasteiger partial charge < -0.3 is 23.7 Å². The number of ether oxygens (including phenoxy) is 2. The molecular formula is C110H66BN3O2. The zero-order valence-corrected chi connectivity index (χ0v) is 62.8. The molecule has 0 unspecified atom stereocenters. The van der Waals surface area contributed by atoms with Gasteiger partial charge in [0.1, 0.15) is 23.0 Å². The summed E-state index contributed by atoms with van der Waals surface area (Å²) in [7, 11) is 0. The van der Waals surface area contributed by atoms with Gasteiger partial charge in [-0.1, -0.05) is 309 Å². The molecular weight excluding hydrogens is 1410 g/mol. The Morgan fingerprint density at radius 1 is 0.216 bits per heavy atom. The van der Waals surface area contributed by atoms with E-state index in [-0.39, 0.29) is 0 Å². The van der Waals surface area contributed by atoms with Crippen LogP contribution in [0.15, 0.2) is 400 Å². The first-order valence-electron chi connectivity index (χ1n) is 40.3. The normalized spacial score (nSPS) is 14.1. The van der Waals surface area contributed by atoms with Crippen molar-refractivity contribution in [3.8, 4) is 101 Å². The molecule has 116 heavy (non-hydrogen) atoms. The van der Waals surface area contributed by atoms with E-state index < -0.39 is 17.5 Å². The molecule has 0 saturated carbocycles. The first-order valence-corrected chi connectivity index (χ1v) is 40.3. The number of benzene rings is 18. The van der Waals surface area contributed by atoms with E-state index in [2.05, 4.69) is 415 Å². The number of hydrogen-bond donors (Lipinski definition) is 0. The van der Waals surface area contributed by atoms with Gasteiger partial charge in [-0.05, 0) is 195 Å². The predicted molar refractivity (Wildman–Crippen MR) is 477 cm³/mol. The zero-order valence-electron chi connectivity index (χ0n) is 62.8. The second-order valence-electron chi connectivity index (χ2n) is 32.0. The Hall–Kier alpha value is -15.0. The van der Waals surface area contributed by atoms with Crippen LogP contribution in [0.25, 0.3) is 116 Å². The molecule has 4 aliphatic heterocycles. The third-order valence-electron chi connectivity index (χ3n) is 26.3. The van der Waals surface area contributed by atoms with Crippen LogP contribution in [0.1, 0.15) is 44.5 Å². The summed E-state index contributed by atoms with van der Waals surface area (Å²) in [5.41, 5.74) is 37.1. The molecule has 6 aliphatic rings. The van der Waals surface area contributed by atoms with Crippen molar-refractivity contribution in [1.29, 1.82) is 0 Å². The average Bonchev–Trinajstić information content (AvgIpc) is 1.29. The molecule has 0 bridgehead atoms. The van der Waals surface area contributed by atoms with Crippen LogP contribution < -0.4 is 35.7 Å². The minimum Gasteiger partial charge on any atom is -0.457 e. The van der Waals surface area contributed by atoms with E-state index in [0.717, 1.165) is 146 Å². The number of anilines is 6. The van der Waals surface area contributed by atoms with Gasteiger partial charge in [-0.15, -0.1) is 0 Å². The molecule has 6 heteroatoms. The van der Waals surface area contributed by atoms with Crippen LogP contribution in [0, 0.1) is 0 Å². The maximum Gasteiger partial charge on any atom is 0.252 e. The molecule has 20 aromatic rings. The molecule has 2 aliphatic carbocycles. The molecule has 2 aromatic heterocycles. The SMILES string of the molecule is c1ccc(-c2cc(-c3ccccc3)cc(N3c4cc5c(cc4B4c6cc7c(cc6N(c6cc(-c8ccccc8)cc(-c8ccccc8)c6)c6cc(-c8ccc9c(c8)c8cccc%10c%11ccccc%11n9c%108)cc3c64)Oc3ccccc3C73c4ccccc4-c4ccccc43)C3(c4ccccc4O5)c4ccccc4-c4ccccc43)c2)cc1. The number of rotatable bonds is 7. The van der Waals surface area contributed by atoms with Crippen LogP contribution in [0.5, 0.6) is 23.0 Å². The fourth-order valence-corrected chi connectivity index (χ4v) is 21.7. The Balaban J connectivity index is 0.846. The summed E-state index contributed by atoms with van der Waals surface area (Å²) in [4.78, 5) is 5.27. The molecule has 0 saturated heterocycles. The van der Waals surface area contributed by atoms with Gasteiger partial charge in [0.15, 0.2) is 0 Å². The van der Waals surface area contributed by atoms with Crippen LogP contribution in [0.4, 0.5) is 34.1 Å². The minimum atomic E-state index is -0.799. The third kappa shape index (κ3) is 8.58. The summed E-state index contributed by atoms with van der Waals surface area (Å²) in [6.45, 7) is -0.432. The number of aromatic nitrogens is 1. The summed E-state index contributed by atoms with van der Waals surface area (Å²) >= 11 is 0. The molecule has 0 amide bonds. The lowest BCUT2D eigenvalue weighted by molar-refractivity contribution is 0.436. The first kappa shape index (κ1) is 63.6. The van der Waals surface area contributed by atoms with E-state index in [9.17, 15) is 0 Å². The fourth-order valence-electron chi connectivity index (χ4n) is 21.7. The van der Waals surface area contributed by atoms with Crippen molar-refractivity contribution < 1.29 is 9.47 Å². The monoisotopic (exact) mass is 1470 g/mol. The van der Waals surface area contributed by atoms with Crippen LogP contribution in [0.2, 0.25) is 0 Å². The molecule has 536 valence electrons. The lowest BCUT2D eigenvalue weighted by Crippen LogP contribution is -2.62. The summed E-state index contributed by atoms with van der Waals surface area (Å²) < 4.78 is 18.0. The van der Waals surface area contributed by atoms with Gasteiger partial charge in [-0.25, -0.2) is 0 Å². The lowest BCUT2D eigenvalue weighted by Gasteiger charge is -2.47. The quantitative estimate of drug-likeness (QED) is 0.149. The van der Waals surface area contributed by atoms with Crippen molar-refractivity contribution >= 4 is 95.3 Å². The summed E-state index contributed by atoms with van der Waals surface area (Å²) in [5, 5.41) is 4.95. The van der Waals surface area contributed by atoms with Crippen LogP contribution in [-0.4, -0.2) is 11.1 Å². The van der Waals surface area contributed by atoms with Gasteiger partial charge >= 0.3 is 0 Å². The number of hydrogen-bond acceptors (Lipinski definition) is 4. The molecule has 0 radical (unpaired) electrons. The number of nitrogens with zero attached hydrogens (tertiary/aromatic N) is 3. The molecule has 26 rings (SSSR count). The smallest absolute Gasteiger partial charge is 0.252 e. The van der Waals surface area contributed by atoms with Crippen molar-refractivity contribution in [3.63, 3.8) is 0 Å². The highest BCUT2D eigenvalue weighted by atomic mass is 16.5. The lowest BCUT2D eigenvalue weighted by atomic mass is 9.33. The first-order chi connectivity index (χ1) is 57.5. The van der Waals surface area contributed by atoms with Gasteiger partial charge in [0.2, 0.25) is 0 Å². The Kier molecular flexibility index (Phi) is 13.1. The van der Waals surface area contributed by atoms with E-state index >= 15 is 0 Å². The van der Waals surface area contributed by atoms with Crippen molar-refractivity contribution in [2.75, 3.05) is 9.80 Å². The Labute approximate surface area is 671 Å². The molecule has 0 atom stereocenters. The molecule has 6 heterocycles. The Morgan fingerprint density at radius 2 is 0.569 bits per heavy atom. The Bertz CT molecular complexity index is 7050. The van der Waals surface area contributed by atoms with E-state index in [1.54, 1.807) is 0 Å². The standard InChI is InChI=1S/C110H66BN3O2/c1-5-28-67(29-6-1)72-54-73(68-30-7-2-8-31-68)57-77(56-72)112-99-65-105-93(109(91-47-22-25-50-103(91)115-105)87-43-18-13-36-79(87)80-37-14-19-44-88(80)109)63-95(99)111-96-64-94-106(116-104-51-26-23-48-92(104)110(94)89-45-20-15-38-81(89)82-39-16-21-46-90(82)110)66-100(96)113(78-58-74(69-32-9-3-10-33-69)55-75(59-78)70-34-11-4-12-35-70)102-62-76(61-101(112)107(102)111)71-52-53-98-86(60-71)85-42-27-41-84-83-40-17-24-49-97(83)114(98)108(84)85/h1-66H. The largest absolute Gasteiger partial charge is 0.457 e. The van der Waals surface area contributed by atoms with Crippen molar-refractivity contribution in [2.45, 2.75) is 10.8 Å². The van der Waals surface area contributed by atoms with Crippen LogP contribution in [0.3, 0.4) is 0 Å². The topological polar surface area (TPSA) is 29.4 Å². The maximum absolute atomic E-state index is 7.76. The number of fused-ring (bicyclic) bond motifs is 28. The predicted octanol–water partition coefficient (Wildman–Crippen LogP) is 26.2. The van der Waals surface area contributed by atoms with Gasteiger partial charge in [0.25, 0.3) is 6.71 Å². The van der Waals surface area contributed by atoms with Crippen molar-refractivity contribution in [3.05, 3.63) is 445 Å². The second kappa shape index (κ2) is 23.8. The zero-order chi connectivity index (χ0) is 75.6. The van der Waals surface area contributed by atoms with Gasteiger partial charge in [-0.3, -0.25) is 0 Å². The Morgan fingerprint density at radius 3 is 1.01 bits per heavy atom. The average molecular weight is 1470 g/mol. The van der Waals surface area contributed by atoms with Gasteiger partial charge in [-0.2, -0.15) is 0 Å². The highest BCUT2D eigenvalue weighted by molar-refractivity contribution is 7.00. The highest BCUT2D eigenvalue weighted by Gasteiger charge is 2.56. The van der Waals surface area contributed by atoms with Crippen LogP contribution >= 0.6 is 0 Å². The molecule has 0 fully saturated rings. The summed E-state index contributed by atoms with van der Waals surface area (Å²) in [6, 6.07) is 151. The molecule has 0 N–H and O–H groups in total. The van der Waals surface area contributed by atoms with Gasteiger partial charge in [0.05, 0.1) is 27.4 Å².